The number of fused-ring (bicyclic) bond motifs is 1. The van der Waals surface area contributed by atoms with E-state index in [1.54, 1.807) is 18.2 Å². The Balaban J connectivity index is 0.000000323. The summed E-state index contributed by atoms with van der Waals surface area (Å²) in [6.07, 6.45) is 3.05. The second-order valence-electron chi connectivity index (χ2n) is 8.25. The first-order valence-corrected chi connectivity index (χ1v) is 12.1. The molecule has 0 amide bonds. The van der Waals surface area contributed by atoms with E-state index in [0.717, 1.165) is 29.7 Å². The fourth-order valence-electron chi connectivity index (χ4n) is 3.43. The quantitative estimate of drug-likeness (QED) is 0.512. The second kappa shape index (κ2) is 10.5. The van der Waals surface area contributed by atoms with Crippen LogP contribution in [-0.2, 0) is 10.8 Å². The van der Waals surface area contributed by atoms with Gasteiger partial charge in [0.05, 0.1) is 5.52 Å². The minimum atomic E-state index is -2.89. The zero-order valence-corrected chi connectivity index (χ0v) is 19.9. The molecule has 1 unspecified atom stereocenters. The Morgan fingerprint density at radius 3 is 2.61 bits per heavy atom. The number of rotatable bonds is 7. The monoisotopic (exact) mass is 478 g/mol. The topological polar surface area (TPSA) is 86.1 Å². The lowest BCUT2D eigenvalue weighted by Gasteiger charge is -2.36. The number of carbonyl (C=O) groups is 1. The molecule has 3 heterocycles. The van der Waals surface area contributed by atoms with Crippen LogP contribution in [0.5, 0.6) is 5.75 Å². The van der Waals surface area contributed by atoms with Crippen molar-refractivity contribution in [2.24, 2.45) is 0 Å². The van der Waals surface area contributed by atoms with Crippen molar-refractivity contribution in [3.63, 3.8) is 0 Å². The number of alkyl halides is 2. The maximum atomic E-state index is 12.5. The van der Waals surface area contributed by atoms with E-state index in [4.69, 9.17) is 0 Å². The van der Waals surface area contributed by atoms with Gasteiger partial charge in [0.1, 0.15) is 17.0 Å². The van der Waals surface area contributed by atoms with Crippen LogP contribution in [0, 0.1) is 0 Å². The normalized spacial score (nSPS) is 20.6. The molecule has 0 radical (unpaired) electrons. The van der Waals surface area contributed by atoms with E-state index in [9.17, 15) is 17.8 Å². The second-order valence-corrected chi connectivity index (χ2v) is 9.71. The van der Waals surface area contributed by atoms with E-state index in [1.165, 1.54) is 18.3 Å². The predicted octanol–water partition coefficient (Wildman–Crippen LogP) is 4.21. The van der Waals surface area contributed by atoms with Gasteiger partial charge in [-0.05, 0) is 45.5 Å². The molecule has 1 aliphatic heterocycles. The zero-order chi connectivity index (χ0) is 24.2. The molecule has 0 spiro atoms. The number of carbonyl (C=O) groups excluding carboxylic acids is 1. The molecule has 1 fully saturated rings. The van der Waals surface area contributed by atoms with Crippen molar-refractivity contribution in [3.05, 3.63) is 42.1 Å². The third kappa shape index (κ3) is 5.80. The predicted molar refractivity (Wildman–Crippen MR) is 125 cm³/mol. The molecule has 7 nitrogen and oxygen atoms in total. The largest absolute Gasteiger partial charge is 0.435 e. The maximum absolute atomic E-state index is 12.5. The molecule has 178 valence electrons. The van der Waals surface area contributed by atoms with Gasteiger partial charge in [-0.3, -0.25) is 18.7 Å². The molecule has 2 aromatic heterocycles. The molecule has 1 N–H and O–H groups in total. The van der Waals surface area contributed by atoms with Crippen LogP contribution in [0.2, 0.25) is 0 Å². The third-order valence-corrected chi connectivity index (χ3v) is 7.53. The average molecular weight is 479 g/mol. The summed E-state index contributed by atoms with van der Waals surface area (Å²) in [5, 5.41) is 7.74. The SMILES string of the molecule is CCC(C)n1nc(-c2cccc(OC(F)F)c2)c2ncc(C=O)cc21.CNC1(C)CS(=O)C1. The Kier molecular flexibility index (Phi) is 7.91. The Hall–Kier alpha value is -2.72. The van der Waals surface area contributed by atoms with Crippen molar-refractivity contribution in [1.29, 1.82) is 0 Å². The number of hydrogen-bond donors (Lipinski definition) is 1. The van der Waals surface area contributed by atoms with Crippen LogP contribution in [0.4, 0.5) is 8.78 Å². The highest BCUT2D eigenvalue weighted by Crippen LogP contribution is 2.31. The number of pyridine rings is 1. The molecule has 10 heteroatoms. The smallest absolute Gasteiger partial charge is 0.387 e. The van der Waals surface area contributed by atoms with Crippen LogP contribution in [0.3, 0.4) is 0 Å². The highest BCUT2D eigenvalue weighted by Gasteiger charge is 2.36. The number of halogens is 2. The lowest BCUT2D eigenvalue weighted by molar-refractivity contribution is -0.0498. The summed E-state index contributed by atoms with van der Waals surface area (Å²) in [4.78, 5) is 15.4. The summed E-state index contributed by atoms with van der Waals surface area (Å²) in [6.45, 7) is 3.25. The van der Waals surface area contributed by atoms with Gasteiger partial charge >= 0.3 is 6.61 Å². The maximum Gasteiger partial charge on any atom is 0.387 e. The Bertz CT molecular complexity index is 1140. The molecule has 0 saturated carbocycles. The first-order valence-electron chi connectivity index (χ1n) is 10.6. The third-order valence-electron chi connectivity index (χ3n) is 5.61. The highest BCUT2D eigenvalue weighted by atomic mass is 32.2. The molecular weight excluding hydrogens is 450 g/mol. The van der Waals surface area contributed by atoms with Crippen LogP contribution in [-0.4, -0.2) is 56.0 Å². The Morgan fingerprint density at radius 2 is 2.06 bits per heavy atom. The molecular formula is C23H28F2N4O3S. The van der Waals surface area contributed by atoms with Crippen LogP contribution in [0.15, 0.2) is 36.5 Å². The number of aromatic nitrogens is 3. The van der Waals surface area contributed by atoms with Crippen molar-refractivity contribution >= 4 is 28.1 Å². The standard InChI is InChI=1S/C18H17F2N3O2.C5H11NOS/c1-3-11(2)23-15-7-12(10-24)9-21-17(15)16(22-23)13-5-4-6-14(8-13)25-18(19)20;1-5(6-2)3-8(7)4-5/h4-11,18H,3H2,1-2H3;6H,3-4H2,1-2H3. The van der Waals surface area contributed by atoms with E-state index in [2.05, 4.69) is 27.1 Å². The molecule has 3 aromatic rings. The fraction of sp³-hybridized carbons (Fsp3) is 0.435. The van der Waals surface area contributed by atoms with Gasteiger partial charge in [-0.2, -0.15) is 13.9 Å². The van der Waals surface area contributed by atoms with E-state index in [1.807, 2.05) is 25.6 Å². The summed E-state index contributed by atoms with van der Waals surface area (Å²) in [5.74, 6) is 1.70. The first-order chi connectivity index (χ1) is 15.7. The molecule has 1 aromatic carbocycles. The molecule has 4 rings (SSSR count). The van der Waals surface area contributed by atoms with Crippen molar-refractivity contribution in [2.75, 3.05) is 18.6 Å². The van der Waals surface area contributed by atoms with E-state index in [-0.39, 0.29) is 17.3 Å². The van der Waals surface area contributed by atoms with E-state index in [0.29, 0.717) is 22.3 Å². The van der Waals surface area contributed by atoms with Crippen LogP contribution in [0.25, 0.3) is 22.3 Å². The molecule has 33 heavy (non-hydrogen) atoms. The zero-order valence-electron chi connectivity index (χ0n) is 19.0. The van der Waals surface area contributed by atoms with Gasteiger partial charge in [-0.25, -0.2) is 0 Å². The number of hydrogen-bond acceptors (Lipinski definition) is 6. The summed E-state index contributed by atoms with van der Waals surface area (Å²) >= 11 is 0. The fourth-order valence-corrected chi connectivity index (χ4v) is 5.06. The van der Waals surface area contributed by atoms with Gasteiger partial charge in [0.2, 0.25) is 0 Å². The van der Waals surface area contributed by atoms with E-state index < -0.39 is 17.4 Å². The number of nitrogens with zero attached hydrogens (tertiary/aromatic N) is 3. The highest BCUT2D eigenvalue weighted by molar-refractivity contribution is 7.86. The molecule has 1 aliphatic rings. The van der Waals surface area contributed by atoms with Crippen molar-refractivity contribution < 1.29 is 22.5 Å². The summed E-state index contributed by atoms with van der Waals surface area (Å²) in [7, 11) is 1.39. The Morgan fingerprint density at radius 1 is 1.33 bits per heavy atom. The minimum Gasteiger partial charge on any atom is -0.435 e. The summed E-state index contributed by atoms with van der Waals surface area (Å²) in [6, 6.07) is 8.18. The summed E-state index contributed by atoms with van der Waals surface area (Å²) in [5.41, 5.74) is 3.17. The molecule has 1 saturated heterocycles. The number of benzene rings is 1. The van der Waals surface area contributed by atoms with Gasteiger partial charge in [0, 0.05) is 51.2 Å². The van der Waals surface area contributed by atoms with Crippen molar-refractivity contribution in [2.45, 2.75) is 45.4 Å². The van der Waals surface area contributed by atoms with E-state index >= 15 is 0 Å². The van der Waals surface area contributed by atoms with Crippen LogP contribution in [0.1, 0.15) is 43.6 Å². The Labute approximate surface area is 194 Å². The lowest BCUT2D eigenvalue weighted by Crippen LogP contribution is -2.58. The van der Waals surface area contributed by atoms with Crippen LogP contribution < -0.4 is 10.1 Å². The summed E-state index contributed by atoms with van der Waals surface area (Å²) < 4.78 is 41.7. The number of nitrogens with one attached hydrogen (secondary N) is 1. The number of ether oxygens (including phenoxy) is 1. The van der Waals surface area contributed by atoms with Gasteiger partial charge < -0.3 is 10.1 Å². The van der Waals surface area contributed by atoms with Gasteiger partial charge in [0.15, 0.2) is 6.29 Å². The minimum absolute atomic E-state index is 0.0586. The van der Waals surface area contributed by atoms with Crippen molar-refractivity contribution in [1.82, 2.24) is 20.1 Å². The van der Waals surface area contributed by atoms with Crippen molar-refractivity contribution in [3.8, 4) is 17.0 Å². The molecule has 1 atom stereocenters. The first kappa shape index (κ1) is 24.9. The number of aldehydes is 1. The lowest BCUT2D eigenvalue weighted by atomic mass is 10.1. The average Bonchev–Trinajstić information content (AvgIpc) is 3.16. The van der Waals surface area contributed by atoms with Gasteiger partial charge in [-0.15, -0.1) is 0 Å². The van der Waals surface area contributed by atoms with Gasteiger partial charge in [-0.1, -0.05) is 19.1 Å². The molecule has 0 bridgehead atoms. The van der Waals surface area contributed by atoms with Crippen LogP contribution >= 0.6 is 0 Å². The molecule has 0 aliphatic carbocycles. The van der Waals surface area contributed by atoms with Gasteiger partial charge in [0.25, 0.3) is 0 Å².